The molecule has 1 rings (SSSR count). The van der Waals surface area contributed by atoms with Gasteiger partial charge in [-0.05, 0) is 50.9 Å². The zero-order valence-corrected chi connectivity index (χ0v) is 22.3. The molecule has 3 amide bonds. The number of carboxylic acids is 1. The van der Waals surface area contributed by atoms with Crippen molar-refractivity contribution >= 4 is 35.6 Å². The summed E-state index contributed by atoms with van der Waals surface area (Å²) in [5.74, 6) is -2.79. The molecule has 0 aromatic heterocycles. The Balaban J connectivity index is 2.97. The number of rotatable bonds is 16. The summed E-state index contributed by atoms with van der Waals surface area (Å²) in [5.41, 5.74) is 27.3. The minimum Gasteiger partial charge on any atom is -0.480 e. The van der Waals surface area contributed by atoms with Crippen LogP contribution in [-0.4, -0.2) is 89.4 Å². The Morgan fingerprint density at radius 2 is 1.47 bits per heavy atom. The summed E-state index contributed by atoms with van der Waals surface area (Å²) in [5, 5.41) is 14.9. The summed E-state index contributed by atoms with van der Waals surface area (Å²) in [4.78, 5) is 60.0. The van der Waals surface area contributed by atoms with Gasteiger partial charge in [-0.25, -0.2) is 4.79 Å². The molecule has 4 unspecified atom stereocenters. The maximum atomic E-state index is 13.3. The van der Waals surface area contributed by atoms with E-state index in [-0.39, 0.29) is 37.3 Å². The van der Waals surface area contributed by atoms with E-state index in [9.17, 15) is 24.3 Å². The number of likely N-dealkylation sites (tertiary alicyclic amines) is 1. The van der Waals surface area contributed by atoms with E-state index in [1.165, 1.54) is 4.90 Å². The second-order valence-electron chi connectivity index (χ2n) is 9.78. The third-order valence-electron chi connectivity index (χ3n) is 6.03. The number of nitrogens with one attached hydrogen (secondary N) is 2. The Morgan fingerprint density at radius 1 is 0.921 bits per heavy atom. The molecule has 216 valence electrons. The van der Waals surface area contributed by atoms with Crippen molar-refractivity contribution in [2.45, 2.75) is 83.0 Å². The summed E-state index contributed by atoms with van der Waals surface area (Å²) in [7, 11) is 0. The molecule has 38 heavy (non-hydrogen) atoms. The van der Waals surface area contributed by atoms with Crippen LogP contribution in [-0.2, 0) is 19.2 Å². The highest BCUT2D eigenvalue weighted by molar-refractivity contribution is 5.94. The molecule has 15 heteroatoms. The number of nitrogens with two attached hydrogens (primary N) is 5. The summed E-state index contributed by atoms with van der Waals surface area (Å²) in [6.45, 7) is 4.60. The third kappa shape index (κ3) is 11.6. The van der Waals surface area contributed by atoms with Crippen LogP contribution in [0.3, 0.4) is 0 Å². The van der Waals surface area contributed by atoms with Crippen LogP contribution in [0.15, 0.2) is 9.98 Å². The molecular weight excluding hydrogens is 496 g/mol. The van der Waals surface area contributed by atoms with Crippen LogP contribution in [0.5, 0.6) is 0 Å². The normalized spacial score (nSPS) is 17.3. The lowest BCUT2D eigenvalue weighted by atomic mass is 10.0. The van der Waals surface area contributed by atoms with E-state index in [1.54, 1.807) is 0 Å². The van der Waals surface area contributed by atoms with Gasteiger partial charge in [0.15, 0.2) is 11.9 Å². The molecule has 0 aromatic rings. The van der Waals surface area contributed by atoms with Crippen molar-refractivity contribution in [1.82, 2.24) is 15.5 Å². The van der Waals surface area contributed by atoms with Gasteiger partial charge in [0.05, 0.1) is 6.04 Å². The number of hydrogen-bond acceptors (Lipinski definition) is 7. The number of aliphatic imine (C=N–C) groups is 2. The fourth-order valence-corrected chi connectivity index (χ4v) is 4.15. The monoisotopic (exact) mass is 540 g/mol. The number of nitrogens with zero attached hydrogens (tertiary/aromatic N) is 3. The minimum absolute atomic E-state index is 0.0372. The highest BCUT2D eigenvalue weighted by Gasteiger charge is 2.38. The van der Waals surface area contributed by atoms with Crippen LogP contribution in [0.4, 0.5) is 0 Å². The molecule has 0 spiro atoms. The average molecular weight is 541 g/mol. The molecule has 15 nitrogen and oxygen atoms in total. The SMILES string of the molecule is CC(C)CC(NC(=O)C(N)CCCN=C(N)N)C(=O)NC(CCCN=C(N)N)C(=O)N1CCCC1C(=O)O. The first-order valence-corrected chi connectivity index (χ1v) is 12.8. The van der Waals surface area contributed by atoms with Crippen LogP contribution in [0.25, 0.3) is 0 Å². The Bertz CT molecular complexity index is 871. The quantitative estimate of drug-likeness (QED) is 0.0579. The maximum Gasteiger partial charge on any atom is 0.326 e. The Hall–Kier alpha value is -3.62. The molecule has 1 aliphatic rings. The molecule has 1 heterocycles. The maximum absolute atomic E-state index is 13.3. The Labute approximate surface area is 223 Å². The van der Waals surface area contributed by atoms with Gasteiger partial charge in [0, 0.05) is 19.6 Å². The van der Waals surface area contributed by atoms with Crippen molar-refractivity contribution < 1.29 is 24.3 Å². The van der Waals surface area contributed by atoms with Crippen LogP contribution < -0.4 is 39.3 Å². The number of carboxylic acid groups (broad SMARTS) is 1. The topological polar surface area (TPSA) is 271 Å². The van der Waals surface area contributed by atoms with E-state index >= 15 is 0 Å². The summed E-state index contributed by atoms with van der Waals surface area (Å²) in [6.07, 6.45) is 2.50. The molecule has 0 bridgehead atoms. The Kier molecular flexibility index (Phi) is 13.9. The first kappa shape index (κ1) is 32.4. The molecule has 0 aromatic carbocycles. The first-order chi connectivity index (χ1) is 17.8. The van der Waals surface area contributed by atoms with Gasteiger partial charge in [-0.2, -0.15) is 0 Å². The van der Waals surface area contributed by atoms with E-state index in [2.05, 4.69) is 20.6 Å². The standard InChI is InChI=1S/C23H44N10O5/c1-13(2)12-16(32-18(34)14(24)6-3-9-29-22(25)26)19(35)31-15(7-4-10-30-23(27)28)20(36)33-11-5-8-17(33)21(37)38/h13-17H,3-12,24H2,1-2H3,(H,31,35)(H,32,34)(H,37,38)(H4,25,26,29)(H4,27,28,30). The fraction of sp³-hybridized carbons (Fsp3) is 0.739. The number of aliphatic carboxylic acids is 1. The summed E-state index contributed by atoms with van der Waals surface area (Å²) >= 11 is 0. The lowest BCUT2D eigenvalue weighted by Crippen LogP contribution is -2.57. The van der Waals surface area contributed by atoms with E-state index in [1.807, 2.05) is 13.8 Å². The molecular formula is C23H44N10O5. The minimum atomic E-state index is -1.10. The smallest absolute Gasteiger partial charge is 0.326 e. The van der Waals surface area contributed by atoms with Crippen molar-refractivity contribution in [2.75, 3.05) is 19.6 Å². The van der Waals surface area contributed by atoms with Crippen molar-refractivity contribution in [3.8, 4) is 0 Å². The van der Waals surface area contributed by atoms with E-state index < -0.39 is 47.9 Å². The zero-order chi connectivity index (χ0) is 28.8. The van der Waals surface area contributed by atoms with Crippen molar-refractivity contribution in [2.24, 2.45) is 44.6 Å². The number of amides is 3. The molecule has 4 atom stereocenters. The van der Waals surface area contributed by atoms with Gasteiger partial charge < -0.3 is 49.3 Å². The second kappa shape index (κ2) is 16.3. The number of guanidine groups is 2. The summed E-state index contributed by atoms with van der Waals surface area (Å²) < 4.78 is 0. The number of hydrogen-bond donors (Lipinski definition) is 8. The van der Waals surface area contributed by atoms with E-state index in [0.717, 1.165) is 0 Å². The zero-order valence-electron chi connectivity index (χ0n) is 22.3. The number of carbonyl (C=O) groups is 4. The lowest BCUT2D eigenvalue weighted by Gasteiger charge is -2.29. The molecule has 1 fully saturated rings. The summed E-state index contributed by atoms with van der Waals surface area (Å²) in [6, 6.07) is -3.81. The highest BCUT2D eigenvalue weighted by atomic mass is 16.4. The van der Waals surface area contributed by atoms with Gasteiger partial charge in [0.2, 0.25) is 17.7 Å². The van der Waals surface area contributed by atoms with Gasteiger partial charge in [0.1, 0.15) is 18.1 Å². The highest BCUT2D eigenvalue weighted by Crippen LogP contribution is 2.20. The van der Waals surface area contributed by atoms with Gasteiger partial charge in [-0.3, -0.25) is 24.4 Å². The number of carbonyl (C=O) groups excluding carboxylic acids is 3. The molecule has 13 N–H and O–H groups in total. The fourth-order valence-electron chi connectivity index (χ4n) is 4.15. The Morgan fingerprint density at radius 3 is 2.00 bits per heavy atom. The predicted molar refractivity (Wildman–Crippen MR) is 143 cm³/mol. The largest absolute Gasteiger partial charge is 0.480 e. The van der Waals surface area contributed by atoms with Crippen molar-refractivity contribution in [3.05, 3.63) is 0 Å². The van der Waals surface area contributed by atoms with Crippen LogP contribution in [0.2, 0.25) is 0 Å². The van der Waals surface area contributed by atoms with Gasteiger partial charge >= 0.3 is 5.97 Å². The molecule has 1 saturated heterocycles. The van der Waals surface area contributed by atoms with Crippen LogP contribution in [0.1, 0.15) is 58.8 Å². The average Bonchev–Trinajstić information content (AvgIpc) is 3.32. The van der Waals surface area contributed by atoms with Gasteiger partial charge in [0.25, 0.3) is 0 Å². The molecule has 0 radical (unpaired) electrons. The predicted octanol–water partition coefficient (Wildman–Crippen LogP) is -2.49. The molecule has 1 aliphatic heterocycles. The van der Waals surface area contributed by atoms with E-state index in [0.29, 0.717) is 45.1 Å². The molecule has 0 saturated carbocycles. The van der Waals surface area contributed by atoms with Crippen molar-refractivity contribution in [3.63, 3.8) is 0 Å². The molecule has 0 aliphatic carbocycles. The lowest BCUT2D eigenvalue weighted by molar-refractivity contribution is -0.149. The third-order valence-corrected chi connectivity index (χ3v) is 6.03. The van der Waals surface area contributed by atoms with Crippen LogP contribution in [0, 0.1) is 5.92 Å². The van der Waals surface area contributed by atoms with Crippen LogP contribution >= 0.6 is 0 Å². The van der Waals surface area contributed by atoms with E-state index in [4.69, 9.17) is 28.7 Å². The van der Waals surface area contributed by atoms with Gasteiger partial charge in [-0.1, -0.05) is 13.8 Å². The second-order valence-corrected chi connectivity index (χ2v) is 9.78. The first-order valence-electron chi connectivity index (χ1n) is 12.8. The van der Waals surface area contributed by atoms with Gasteiger partial charge in [-0.15, -0.1) is 0 Å². The van der Waals surface area contributed by atoms with Crippen molar-refractivity contribution in [1.29, 1.82) is 0 Å².